The zero-order valence-electron chi connectivity index (χ0n) is 13.2. The summed E-state index contributed by atoms with van der Waals surface area (Å²) in [4.78, 5) is 30.0. The standard InChI is InChI=1S/C15H23N5O2/c1-10(8-16)19-14(21)12-13(17-9-18(12)2)20(15(19)22)11-6-4-3-5-7-11/h9-11H,3-8,16H2,1-2H3. The lowest BCUT2D eigenvalue weighted by Gasteiger charge is -2.25. The third-order valence-electron chi connectivity index (χ3n) is 4.70. The number of nitrogens with zero attached hydrogens (tertiary/aromatic N) is 4. The molecule has 1 atom stereocenters. The summed E-state index contributed by atoms with van der Waals surface area (Å²) in [6, 6.07) is -0.204. The van der Waals surface area contributed by atoms with E-state index in [-0.39, 0.29) is 29.9 Å². The van der Waals surface area contributed by atoms with Crippen molar-refractivity contribution in [2.75, 3.05) is 6.54 Å². The molecule has 1 fully saturated rings. The van der Waals surface area contributed by atoms with Crippen LogP contribution in [0.1, 0.15) is 51.1 Å². The van der Waals surface area contributed by atoms with Crippen molar-refractivity contribution in [3.8, 4) is 0 Å². The van der Waals surface area contributed by atoms with Crippen LogP contribution in [-0.4, -0.2) is 25.2 Å². The van der Waals surface area contributed by atoms with E-state index in [9.17, 15) is 9.59 Å². The van der Waals surface area contributed by atoms with E-state index in [0.717, 1.165) is 25.7 Å². The van der Waals surface area contributed by atoms with Gasteiger partial charge in [0.15, 0.2) is 11.2 Å². The average molecular weight is 305 g/mol. The minimum absolute atomic E-state index is 0.121. The molecule has 0 aliphatic heterocycles. The summed E-state index contributed by atoms with van der Waals surface area (Å²) >= 11 is 0. The van der Waals surface area contributed by atoms with E-state index in [2.05, 4.69) is 4.98 Å². The molecule has 2 heterocycles. The molecule has 1 aliphatic carbocycles. The highest BCUT2D eigenvalue weighted by Gasteiger charge is 2.25. The normalized spacial score (nSPS) is 18.0. The number of aryl methyl sites for hydroxylation is 1. The Kier molecular flexibility index (Phi) is 3.90. The third kappa shape index (κ3) is 2.20. The second-order valence-corrected chi connectivity index (χ2v) is 6.23. The van der Waals surface area contributed by atoms with Gasteiger partial charge in [-0.1, -0.05) is 19.3 Å². The number of hydrogen-bond donors (Lipinski definition) is 1. The summed E-state index contributed by atoms with van der Waals surface area (Å²) in [5.74, 6) is 0. The smallest absolute Gasteiger partial charge is 0.328 e. The van der Waals surface area contributed by atoms with Crippen LogP contribution >= 0.6 is 0 Å². The van der Waals surface area contributed by atoms with Gasteiger partial charge >= 0.3 is 5.69 Å². The highest BCUT2D eigenvalue weighted by atomic mass is 16.2. The van der Waals surface area contributed by atoms with Gasteiger partial charge in [0.05, 0.1) is 12.4 Å². The highest BCUT2D eigenvalue weighted by molar-refractivity contribution is 5.70. The first-order valence-electron chi connectivity index (χ1n) is 7.94. The van der Waals surface area contributed by atoms with Gasteiger partial charge in [0.1, 0.15) is 0 Å². The average Bonchev–Trinajstić information content (AvgIpc) is 2.90. The Morgan fingerprint density at radius 3 is 2.64 bits per heavy atom. The Labute approximate surface area is 128 Å². The Balaban J connectivity index is 2.34. The van der Waals surface area contributed by atoms with E-state index in [1.807, 2.05) is 0 Å². The Morgan fingerprint density at radius 2 is 2.00 bits per heavy atom. The molecule has 1 saturated carbocycles. The second-order valence-electron chi connectivity index (χ2n) is 6.23. The number of rotatable bonds is 3. The number of imidazole rings is 1. The maximum Gasteiger partial charge on any atom is 0.333 e. The Hall–Kier alpha value is -1.89. The minimum atomic E-state index is -0.325. The predicted molar refractivity (Wildman–Crippen MR) is 85.1 cm³/mol. The van der Waals surface area contributed by atoms with Crippen molar-refractivity contribution < 1.29 is 0 Å². The van der Waals surface area contributed by atoms with E-state index < -0.39 is 0 Å². The number of nitrogens with two attached hydrogens (primary N) is 1. The summed E-state index contributed by atoms with van der Waals surface area (Å²) in [5, 5.41) is 0. The summed E-state index contributed by atoms with van der Waals surface area (Å²) in [7, 11) is 1.78. The lowest BCUT2D eigenvalue weighted by Crippen LogP contribution is -2.45. The SMILES string of the molecule is CC(CN)n1c(=O)c2c(ncn2C)n(C2CCCCC2)c1=O. The van der Waals surface area contributed by atoms with Gasteiger partial charge in [0, 0.05) is 19.6 Å². The second kappa shape index (κ2) is 5.72. The van der Waals surface area contributed by atoms with Crippen LogP contribution < -0.4 is 17.0 Å². The largest absolute Gasteiger partial charge is 0.333 e. The monoisotopic (exact) mass is 305 g/mol. The minimum Gasteiger partial charge on any atom is -0.328 e. The molecule has 1 aliphatic rings. The molecule has 0 saturated heterocycles. The van der Waals surface area contributed by atoms with E-state index in [1.54, 1.807) is 29.4 Å². The molecule has 120 valence electrons. The molecule has 0 radical (unpaired) electrons. The van der Waals surface area contributed by atoms with Crippen molar-refractivity contribution in [2.45, 2.75) is 51.1 Å². The number of hydrogen-bond acceptors (Lipinski definition) is 4. The molecule has 2 N–H and O–H groups in total. The zero-order chi connectivity index (χ0) is 15.9. The molecule has 7 nitrogen and oxygen atoms in total. The van der Waals surface area contributed by atoms with Gasteiger partial charge in [0.2, 0.25) is 0 Å². The fourth-order valence-electron chi connectivity index (χ4n) is 3.41. The summed E-state index contributed by atoms with van der Waals surface area (Å²) in [6.07, 6.45) is 6.94. The van der Waals surface area contributed by atoms with Crippen molar-refractivity contribution in [3.63, 3.8) is 0 Å². The Bertz CT molecular complexity index is 795. The molecule has 22 heavy (non-hydrogen) atoms. The van der Waals surface area contributed by atoms with Crippen LogP contribution in [0.25, 0.3) is 11.2 Å². The molecule has 2 aromatic heterocycles. The van der Waals surface area contributed by atoms with Crippen LogP contribution in [0.3, 0.4) is 0 Å². The van der Waals surface area contributed by atoms with E-state index in [1.165, 1.54) is 11.0 Å². The van der Waals surface area contributed by atoms with Gasteiger partial charge in [-0.25, -0.2) is 9.78 Å². The van der Waals surface area contributed by atoms with Crippen LogP contribution in [0, 0.1) is 0 Å². The van der Waals surface area contributed by atoms with Gasteiger partial charge in [-0.15, -0.1) is 0 Å². The lowest BCUT2D eigenvalue weighted by molar-refractivity contribution is 0.337. The molecule has 2 aromatic rings. The number of aromatic nitrogens is 4. The highest BCUT2D eigenvalue weighted by Crippen LogP contribution is 2.28. The molecule has 7 heteroatoms. The van der Waals surface area contributed by atoms with Crippen molar-refractivity contribution in [2.24, 2.45) is 12.8 Å². The lowest BCUT2D eigenvalue weighted by atomic mass is 9.95. The molecular weight excluding hydrogens is 282 g/mol. The van der Waals surface area contributed by atoms with Crippen LogP contribution in [0.2, 0.25) is 0 Å². The molecule has 1 unspecified atom stereocenters. The first kappa shape index (κ1) is 15.0. The van der Waals surface area contributed by atoms with Crippen LogP contribution in [0.15, 0.2) is 15.9 Å². The molecule has 0 aromatic carbocycles. The molecule has 0 bridgehead atoms. The maximum absolute atomic E-state index is 12.9. The van der Waals surface area contributed by atoms with Crippen molar-refractivity contribution >= 4 is 11.2 Å². The fraction of sp³-hybridized carbons (Fsp3) is 0.667. The Morgan fingerprint density at radius 1 is 1.32 bits per heavy atom. The van der Waals surface area contributed by atoms with E-state index in [0.29, 0.717) is 11.2 Å². The molecule has 0 amide bonds. The summed E-state index contributed by atoms with van der Waals surface area (Å²) in [6.45, 7) is 2.05. The van der Waals surface area contributed by atoms with Gasteiger partial charge in [0.25, 0.3) is 5.56 Å². The molecule has 0 spiro atoms. The first-order chi connectivity index (χ1) is 10.6. The van der Waals surface area contributed by atoms with Gasteiger partial charge < -0.3 is 10.3 Å². The van der Waals surface area contributed by atoms with Crippen LogP contribution in [0.5, 0.6) is 0 Å². The maximum atomic E-state index is 12.9. The van der Waals surface area contributed by atoms with Gasteiger partial charge in [-0.05, 0) is 19.8 Å². The van der Waals surface area contributed by atoms with Crippen LogP contribution in [-0.2, 0) is 7.05 Å². The fourth-order valence-corrected chi connectivity index (χ4v) is 3.41. The topological polar surface area (TPSA) is 87.8 Å². The quantitative estimate of drug-likeness (QED) is 0.913. The number of fused-ring (bicyclic) bond motifs is 1. The first-order valence-corrected chi connectivity index (χ1v) is 7.94. The van der Waals surface area contributed by atoms with Crippen molar-refractivity contribution in [1.82, 2.24) is 18.7 Å². The molecule has 3 rings (SSSR count). The van der Waals surface area contributed by atoms with E-state index in [4.69, 9.17) is 5.73 Å². The van der Waals surface area contributed by atoms with Crippen LogP contribution in [0.4, 0.5) is 0 Å². The summed E-state index contributed by atoms with van der Waals surface area (Å²) in [5.41, 5.74) is 6.10. The zero-order valence-corrected chi connectivity index (χ0v) is 13.2. The van der Waals surface area contributed by atoms with Crippen molar-refractivity contribution in [3.05, 3.63) is 27.2 Å². The van der Waals surface area contributed by atoms with Gasteiger partial charge in [-0.2, -0.15) is 0 Å². The van der Waals surface area contributed by atoms with Crippen molar-refractivity contribution in [1.29, 1.82) is 0 Å². The third-order valence-corrected chi connectivity index (χ3v) is 4.70. The van der Waals surface area contributed by atoms with Gasteiger partial charge in [-0.3, -0.25) is 13.9 Å². The predicted octanol–water partition coefficient (Wildman–Crippen LogP) is 0.922. The summed E-state index contributed by atoms with van der Waals surface area (Å²) < 4.78 is 4.71. The van der Waals surface area contributed by atoms with E-state index >= 15 is 0 Å². The molecular formula is C15H23N5O2.